The van der Waals surface area contributed by atoms with Gasteiger partial charge in [-0.05, 0) is 18.6 Å². The fourth-order valence-corrected chi connectivity index (χ4v) is 3.30. The molecule has 0 aliphatic carbocycles. The number of urea groups is 1. The molecule has 0 fully saturated rings. The quantitative estimate of drug-likeness (QED) is 0.640. The van der Waals surface area contributed by atoms with E-state index in [2.05, 4.69) is 15.0 Å². The SMILES string of the molecule is COc1cc([N+]2(C(N)=O)CCCc3ccc(C(OC)OC)nc32)ncn1. The first-order valence-corrected chi connectivity index (χ1v) is 8.17. The van der Waals surface area contributed by atoms with Gasteiger partial charge in [0.15, 0.2) is 0 Å². The van der Waals surface area contributed by atoms with Crippen LogP contribution in [0.1, 0.15) is 24.0 Å². The molecule has 3 rings (SSSR count). The van der Waals surface area contributed by atoms with Crippen LogP contribution in [0.25, 0.3) is 0 Å². The van der Waals surface area contributed by atoms with E-state index in [9.17, 15) is 4.79 Å². The number of carbonyl (C=O) groups excluding carboxylic acids is 1. The molecule has 9 nitrogen and oxygen atoms in total. The number of hydrogen-bond acceptors (Lipinski definition) is 7. The number of aryl methyl sites for hydroxylation is 1. The smallest absolute Gasteiger partial charge is 0.426 e. The molecule has 0 spiro atoms. The molecule has 26 heavy (non-hydrogen) atoms. The number of amides is 2. The van der Waals surface area contributed by atoms with Gasteiger partial charge in [0, 0.05) is 26.2 Å². The first kappa shape index (κ1) is 18.2. The summed E-state index contributed by atoms with van der Waals surface area (Å²) in [6.45, 7) is 0.448. The number of rotatable bonds is 5. The molecule has 138 valence electrons. The lowest BCUT2D eigenvalue weighted by molar-refractivity contribution is -0.108. The Labute approximate surface area is 151 Å². The molecule has 2 N–H and O–H groups in total. The van der Waals surface area contributed by atoms with Gasteiger partial charge in [-0.2, -0.15) is 9.97 Å². The second-order valence-electron chi connectivity index (χ2n) is 5.92. The maximum atomic E-state index is 12.7. The summed E-state index contributed by atoms with van der Waals surface area (Å²) in [5, 5.41) is 0. The van der Waals surface area contributed by atoms with E-state index in [0.717, 1.165) is 18.4 Å². The molecule has 1 aliphatic rings. The van der Waals surface area contributed by atoms with E-state index < -0.39 is 12.3 Å². The normalized spacial score (nSPS) is 19.2. The van der Waals surface area contributed by atoms with Crippen molar-refractivity contribution in [3.63, 3.8) is 0 Å². The van der Waals surface area contributed by atoms with Crippen molar-refractivity contribution < 1.29 is 19.0 Å². The van der Waals surface area contributed by atoms with Crippen molar-refractivity contribution >= 4 is 17.7 Å². The molecular formula is C17H22N5O4+. The van der Waals surface area contributed by atoms with E-state index in [4.69, 9.17) is 19.9 Å². The number of pyridine rings is 1. The fourth-order valence-electron chi connectivity index (χ4n) is 3.30. The monoisotopic (exact) mass is 360 g/mol. The zero-order valence-electron chi connectivity index (χ0n) is 15.0. The van der Waals surface area contributed by atoms with Crippen LogP contribution in [0.5, 0.6) is 5.88 Å². The van der Waals surface area contributed by atoms with Crippen molar-refractivity contribution in [3.8, 4) is 5.88 Å². The predicted octanol–water partition coefficient (Wildman–Crippen LogP) is 1.84. The van der Waals surface area contributed by atoms with Gasteiger partial charge in [0.2, 0.25) is 23.8 Å². The predicted molar refractivity (Wildman–Crippen MR) is 93.8 cm³/mol. The molecule has 2 aromatic rings. The minimum Gasteiger partial charge on any atom is -0.481 e. The minimum atomic E-state index is -0.642. The van der Waals surface area contributed by atoms with E-state index >= 15 is 0 Å². The van der Waals surface area contributed by atoms with Crippen molar-refractivity contribution in [3.05, 3.63) is 35.8 Å². The Hall–Kier alpha value is -2.62. The number of fused-ring (bicyclic) bond motifs is 1. The largest absolute Gasteiger partial charge is 0.481 e. The van der Waals surface area contributed by atoms with Crippen LogP contribution < -0.4 is 15.0 Å². The number of methoxy groups -OCH3 is 3. The van der Waals surface area contributed by atoms with Gasteiger partial charge < -0.3 is 19.9 Å². The highest BCUT2D eigenvalue weighted by Gasteiger charge is 2.47. The molecule has 0 bridgehead atoms. The van der Waals surface area contributed by atoms with E-state index in [1.807, 2.05) is 12.1 Å². The van der Waals surface area contributed by atoms with Crippen LogP contribution in [0.15, 0.2) is 24.5 Å². The third-order valence-electron chi connectivity index (χ3n) is 4.55. The first-order chi connectivity index (χ1) is 12.6. The van der Waals surface area contributed by atoms with Crippen LogP contribution in [0.3, 0.4) is 0 Å². The van der Waals surface area contributed by atoms with Crippen molar-refractivity contribution in [1.82, 2.24) is 19.4 Å². The fraction of sp³-hybridized carbons (Fsp3) is 0.412. The number of nitrogens with two attached hydrogens (primary N) is 1. The van der Waals surface area contributed by atoms with Crippen LogP contribution in [-0.4, -0.2) is 48.9 Å². The van der Waals surface area contributed by atoms with E-state index in [1.54, 1.807) is 6.07 Å². The molecule has 0 saturated heterocycles. The molecule has 0 aromatic carbocycles. The molecule has 2 amide bonds. The molecule has 3 heterocycles. The number of hydrogen-bond donors (Lipinski definition) is 1. The Balaban J connectivity index is 2.22. The highest BCUT2D eigenvalue weighted by atomic mass is 16.7. The molecule has 0 radical (unpaired) electrons. The average Bonchev–Trinajstić information content (AvgIpc) is 2.68. The summed E-state index contributed by atoms with van der Waals surface area (Å²) in [7, 11) is 4.56. The van der Waals surface area contributed by atoms with Crippen molar-refractivity contribution in [2.75, 3.05) is 27.9 Å². The lowest BCUT2D eigenvalue weighted by Gasteiger charge is -2.35. The van der Waals surface area contributed by atoms with E-state index in [-0.39, 0.29) is 4.48 Å². The van der Waals surface area contributed by atoms with Gasteiger partial charge in [0.05, 0.1) is 13.2 Å². The third kappa shape index (κ3) is 2.90. The molecule has 0 saturated carbocycles. The number of ether oxygens (including phenoxy) is 3. The highest BCUT2D eigenvalue weighted by Crippen LogP contribution is 2.40. The summed E-state index contributed by atoms with van der Waals surface area (Å²) in [5.41, 5.74) is 7.35. The van der Waals surface area contributed by atoms with Crippen LogP contribution in [0, 0.1) is 0 Å². The standard InChI is InChI=1S/C17H21N5O4/c1-24-14-9-13(19-10-20-14)22(17(18)23)8-4-5-11-6-7-12(21-15(11)22)16(25-2)26-3/h6-7,9-10,16H,4-5,8H2,1-3H3,(H-,18,23)/p+1. The van der Waals surface area contributed by atoms with Crippen LogP contribution in [0.2, 0.25) is 0 Å². The maximum Gasteiger partial charge on any atom is 0.426 e. The second-order valence-corrected chi connectivity index (χ2v) is 5.92. The van der Waals surface area contributed by atoms with Crippen LogP contribution >= 0.6 is 0 Å². The lowest BCUT2D eigenvalue weighted by atomic mass is 10.0. The summed E-state index contributed by atoms with van der Waals surface area (Å²) in [5.74, 6) is 1.30. The Morgan fingerprint density at radius 2 is 2.00 bits per heavy atom. The van der Waals surface area contributed by atoms with Gasteiger partial charge >= 0.3 is 6.03 Å². The van der Waals surface area contributed by atoms with Gasteiger partial charge in [-0.15, -0.1) is 4.48 Å². The summed E-state index contributed by atoms with van der Waals surface area (Å²) in [4.78, 5) is 25.6. The second kappa shape index (κ2) is 7.32. The van der Waals surface area contributed by atoms with Gasteiger partial charge in [-0.1, -0.05) is 0 Å². The Morgan fingerprint density at radius 1 is 1.23 bits per heavy atom. The lowest BCUT2D eigenvalue weighted by Crippen LogP contribution is -2.56. The summed E-state index contributed by atoms with van der Waals surface area (Å²) in [6, 6.07) is 4.80. The summed E-state index contributed by atoms with van der Waals surface area (Å²) >= 11 is 0. The topological polar surface area (TPSA) is 109 Å². The average molecular weight is 360 g/mol. The Kier molecular flexibility index (Phi) is 5.12. The minimum absolute atomic E-state index is 0.303. The van der Waals surface area contributed by atoms with Crippen molar-refractivity contribution in [2.24, 2.45) is 5.73 Å². The molecule has 1 unspecified atom stereocenters. The van der Waals surface area contributed by atoms with Crippen molar-refractivity contribution in [1.29, 1.82) is 0 Å². The molecule has 1 aliphatic heterocycles. The Morgan fingerprint density at radius 3 is 2.65 bits per heavy atom. The zero-order valence-corrected chi connectivity index (χ0v) is 15.0. The summed E-state index contributed by atoms with van der Waals surface area (Å²) < 4.78 is 15.5. The molecule has 2 aromatic heterocycles. The summed E-state index contributed by atoms with van der Waals surface area (Å²) in [6.07, 6.45) is 2.27. The number of nitrogens with zero attached hydrogens (tertiary/aromatic N) is 4. The molecule has 1 atom stereocenters. The van der Waals surface area contributed by atoms with Crippen LogP contribution in [-0.2, 0) is 15.9 Å². The Bertz CT molecular complexity index is 811. The third-order valence-corrected chi connectivity index (χ3v) is 4.55. The number of aromatic nitrogens is 3. The zero-order chi connectivity index (χ0) is 18.7. The number of quaternary nitrogens is 1. The first-order valence-electron chi connectivity index (χ1n) is 8.17. The van der Waals surface area contributed by atoms with Gasteiger partial charge in [0.25, 0.3) is 0 Å². The van der Waals surface area contributed by atoms with Gasteiger partial charge in [-0.25, -0.2) is 9.78 Å². The number of primary amides is 1. The van der Waals surface area contributed by atoms with E-state index in [1.165, 1.54) is 27.7 Å². The molecule has 9 heteroatoms. The van der Waals surface area contributed by atoms with E-state index in [0.29, 0.717) is 29.8 Å². The van der Waals surface area contributed by atoms with Gasteiger partial charge in [0.1, 0.15) is 18.6 Å². The highest BCUT2D eigenvalue weighted by molar-refractivity contribution is 5.92. The van der Waals surface area contributed by atoms with Crippen molar-refractivity contribution in [2.45, 2.75) is 19.1 Å². The van der Waals surface area contributed by atoms with Crippen LogP contribution in [0.4, 0.5) is 16.4 Å². The molecular weight excluding hydrogens is 338 g/mol. The maximum absolute atomic E-state index is 12.7. The van der Waals surface area contributed by atoms with Gasteiger partial charge in [-0.3, -0.25) is 0 Å². The number of carbonyl (C=O) groups is 1.